The van der Waals surface area contributed by atoms with Crippen LogP contribution in [-0.4, -0.2) is 258 Å². The number of halogens is 6. The molecule has 1 aromatic rings. The zero-order chi connectivity index (χ0) is 75.7. The number of carbonyl (C=O) groups is 12. The molecule has 0 unspecified atom stereocenters. The van der Waals surface area contributed by atoms with Crippen LogP contribution in [-0.2, 0) is 70.1 Å². The predicted octanol–water partition coefficient (Wildman–Crippen LogP) is 6.67. The first-order valence-corrected chi connectivity index (χ1v) is 36.8. The van der Waals surface area contributed by atoms with Gasteiger partial charge >= 0.3 is 6.18 Å². The van der Waals surface area contributed by atoms with Gasteiger partial charge in [0, 0.05) is 75.4 Å². The largest absolute Gasteiger partial charge is 0.417 e. The number of alkyl halides is 5. The maximum Gasteiger partial charge on any atom is 0.417 e. The average Bonchev–Trinajstić information content (AvgIpc) is 1.44. The molecule has 3 heterocycles. The first kappa shape index (κ1) is 83.7. The SMILES string of the molecule is CC[C@H](C)[C@@H]1NC(=O)[C@H](CC(C)C)N(C)C(=O)C[C@@H](C(=O)N2CCCCC2)N(C)C(=O)[C@H](CCCCC(F)F)N(C)C(=O)C2(CCCC2)NC(=O)[C@@H]2CCCN2C(=O)[C@H](CCc2ccc(C(F)(F)F)c(Cl)c2)NC(=O)CN(C)C(=O)[C@H](CC2CCCCC2)N(C)C(=O)CN(C)C(=O)CN(C)C1=O. The van der Waals surface area contributed by atoms with Crippen LogP contribution in [0.25, 0.3) is 0 Å². The molecule has 0 radical (unpaired) electrons. The topological polar surface area (TPSA) is 270 Å². The number of likely N-dealkylation sites (N-methyl/N-ethyl adjacent to an activating group) is 7. The van der Waals surface area contributed by atoms with Crippen molar-refractivity contribution >= 4 is 82.5 Å². The lowest BCUT2D eigenvalue weighted by atomic mass is 9.84. The third kappa shape index (κ3) is 22.2. The summed E-state index contributed by atoms with van der Waals surface area (Å²) in [5.41, 5.74) is -2.53. The standard InChI is InChI=1S/C72H110ClF5N12O12/c1-12-46(4)62-69(101)84(7)43-60(93)82(5)44-61(94)86(9)55(40-47-24-15-13-16-25-47)66(98)83(6)42-58(91)79-51(32-30-48-29-31-49(50(73)39-48)72(76,77)78)65(97)90-37-23-27-52(90)64(96)81-71(33-19-20-34-71)70(102)88(11)53(26-17-18-28-57(74)75)67(99)87(10)56(68(100)89-35-21-14-22-36-89)41-59(92)85(8)54(38-45(2)3)63(95)80-62/h29,31,39,45-47,51-57,62H,12-28,30,32-38,40-44H2,1-11H3,(H,79,91)(H,80,95)(H,81,96)/t46-,51-,52-,53-,54-,55-,56-,62-/m0/s1. The Morgan fingerprint density at radius 2 is 1.25 bits per heavy atom. The molecule has 3 N–H and O–H groups in total. The van der Waals surface area contributed by atoms with Gasteiger partial charge in [-0.05, 0) is 119 Å². The third-order valence-electron chi connectivity index (χ3n) is 21.5. The van der Waals surface area contributed by atoms with Gasteiger partial charge in [0.1, 0.15) is 47.8 Å². The number of fused-ring (bicyclic) bond motifs is 1. The number of aryl methyl sites for hydroxylation is 1. The van der Waals surface area contributed by atoms with Gasteiger partial charge < -0.3 is 60.0 Å². The molecule has 5 aliphatic rings. The Bertz CT molecular complexity index is 3130. The van der Waals surface area contributed by atoms with E-state index in [0.29, 0.717) is 45.2 Å². The lowest BCUT2D eigenvalue weighted by molar-refractivity contribution is -0.155. The number of nitrogens with one attached hydrogen (secondary N) is 3. The van der Waals surface area contributed by atoms with Crippen LogP contribution < -0.4 is 16.0 Å². The Balaban J connectivity index is 1.44. The van der Waals surface area contributed by atoms with E-state index in [0.717, 1.165) is 75.2 Å². The molecule has 8 atom stereocenters. The Labute approximate surface area is 602 Å². The quantitative estimate of drug-likeness (QED) is 0.123. The van der Waals surface area contributed by atoms with E-state index in [4.69, 9.17) is 11.6 Å². The fourth-order valence-electron chi connectivity index (χ4n) is 14.9. The van der Waals surface area contributed by atoms with Crippen molar-refractivity contribution in [2.45, 2.75) is 242 Å². The number of hydrogen-bond donors (Lipinski definition) is 3. The molecule has 1 spiro atoms. The molecule has 3 saturated heterocycles. The Morgan fingerprint density at radius 1 is 0.627 bits per heavy atom. The van der Waals surface area contributed by atoms with Crippen molar-refractivity contribution in [3.8, 4) is 0 Å². The lowest BCUT2D eigenvalue weighted by Crippen LogP contribution is -2.64. The molecule has 102 heavy (non-hydrogen) atoms. The number of amides is 12. The lowest BCUT2D eigenvalue weighted by Gasteiger charge is -2.41. The summed E-state index contributed by atoms with van der Waals surface area (Å²) in [7, 11) is 9.53. The van der Waals surface area contributed by atoms with Crippen molar-refractivity contribution < 1.29 is 79.5 Å². The summed E-state index contributed by atoms with van der Waals surface area (Å²) >= 11 is 6.14. The number of carbonyl (C=O) groups excluding carboxylic acids is 12. The van der Waals surface area contributed by atoms with Gasteiger partial charge in [0.25, 0.3) is 0 Å². The molecular weight excluding hydrogens is 1360 g/mol. The summed E-state index contributed by atoms with van der Waals surface area (Å²) in [5.74, 6) is -9.37. The summed E-state index contributed by atoms with van der Waals surface area (Å²) in [6.45, 7) is 6.00. The molecule has 3 aliphatic heterocycles. The molecule has 2 aliphatic carbocycles. The molecule has 24 nitrogen and oxygen atoms in total. The van der Waals surface area contributed by atoms with Gasteiger partial charge in [-0.1, -0.05) is 103 Å². The molecule has 0 bridgehead atoms. The predicted molar refractivity (Wildman–Crippen MR) is 371 cm³/mol. The summed E-state index contributed by atoms with van der Waals surface area (Å²) in [6, 6.07) is -6.29. The fourth-order valence-corrected chi connectivity index (χ4v) is 15.2. The molecule has 6 rings (SSSR count). The van der Waals surface area contributed by atoms with Gasteiger partial charge in [0.15, 0.2) is 0 Å². The van der Waals surface area contributed by atoms with Crippen LogP contribution in [0.3, 0.4) is 0 Å². The summed E-state index contributed by atoms with van der Waals surface area (Å²) in [4.78, 5) is 189. The minimum atomic E-state index is -4.78. The number of hydrogen-bond acceptors (Lipinski definition) is 12. The van der Waals surface area contributed by atoms with Gasteiger partial charge in [-0.2, -0.15) is 13.2 Å². The van der Waals surface area contributed by atoms with Crippen LogP contribution in [0.15, 0.2) is 18.2 Å². The van der Waals surface area contributed by atoms with Crippen LogP contribution >= 0.6 is 11.6 Å². The zero-order valence-corrected chi connectivity index (χ0v) is 62.2. The zero-order valence-electron chi connectivity index (χ0n) is 61.5. The Kier molecular flexibility index (Phi) is 31.2. The molecule has 1 aromatic carbocycles. The van der Waals surface area contributed by atoms with Crippen LogP contribution in [0, 0.1) is 17.8 Å². The maximum atomic E-state index is 15.5. The fraction of sp³-hybridized carbons (Fsp3) is 0.750. The van der Waals surface area contributed by atoms with Crippen molar-refractivity contribution in [3.63, 3.8) is 0 Å². The summed E-state index contributed by atoms with van der Waals surface area (Å²) < 4.78 is 69.1. The van der Waals surface area contributed by atoms with E-state index in [1.807, 2.05) is 13.8 Å². The molecule has 30 heteroatoms. The number of likely N-dealkylation sites (tertiary alicyclic amines) is 1. The molecule has 5 fully saturated rings. The van der Waals surface area contributed by atoms with Gasteiger partial charge in [-0.15, -0.1) is 0 Å². The highest BCUT2D eigenvalue weighted by Gasteiger charge is 2.50. The summed E-state index contributed by atoms with van der Waals surface area (Å²) in [6.07, 6.45) is -0.989. The monoisotopic (exact) mass is 1460 g/mol. The van der Waals surface area contributed by atoms with E-state index in [-0.39, 0.29) is 94.6 Å². The first-order valence-electron chi connectivity index (χ1n) is 36.5. The smallest absolute Gasteiger partial charge is 0.343 e. The Hall–Kier alpha value is -7.20. The normalized spacial score (nSPS) is 25.6. The molecule has 2 saturated carbocycles. The number of piperidine rings is 1. The molecule has 572 valence electrons. The summed E-state index contributed by atoms with van der Waals surface area (Å²) in [5, 5.41) is 7.95. The number of benzene rings is 1. The number of unbranched alkanes of at least 4 members (excludes halogenated alkanes) is 1. The van der Waals surface area contributed by atoms with Crippen LogP contribution in [0.5, 0.6) is 0 Å². The second-order valence-corrected chi connectivity index (χ2v) is 29.9. The van der Waals surface area contributed by atoms with Crippen molar-refractivity contribution in [1.82, 2.24) is 60.0 Å². The van der Waals surface area contributed by atoms with Gasteiger partial charge in [0.2, 0.25) is 77.3 Å². The van der Waals surface area contributed by atoms with E-state index in [9.17, 15) is 55.5 Å². The minimum Gasteiger partial charge on any atom is -0.343 e. The number of nitrogens with zero attached hydrogens (tertiary/aromatic N) is 9. The van der Waals surface area contributed by atoms with E-state index < -0.39 is 180 Å². The molecule has 0 aromatic heterocycles. The van der Waals surface area contributed by atoms with Gasteiger partial charge in [0.05, 0.1) is 36.6 Å². The molecular formula is C72H110ClF5N12O12. The van der Waals surface area contributed by atoms with Crippen molar-refractivity contribution in [3.05, 3.63) is 34.3 Å². The highest BCUT2D eigenvalue weighted by atomic mass is 35.5. The van der Waals surface area contributed by atoms with Crippen molar-refractivity contribution in [2.75, 3.05) is 88.6 Å². The van der Waals surface area contributed by atoms with Crippen LogP contribution in [0.1, 0.15) is 187 Å². The van der Waals surface area contributed by atoms with E-state index in [2.05, 4.69) is 16.0 Å². The second kappa shape index (κ2) is 38.0. The second-order valence-electron chi connectivity index (χ2n) is 29.5. The average molecular weight is 1470 g/mol. The van der Waals surface area contributed by atoms with Gasteiger partial charge in [-0.25, -0.2) is 8.78 Å². The first-order chi connectivity index (χ1) is 48.0. The van der Waals surface area contributed by atoms with E-state index >= 15 is 24.0 Å². The van der Waals surface area contributed by atoms with Crippen LogP contribution in [0.4, 0.5) is 22.0 Å². The van der Waals surface area contributed by atoms with Crippen molar-refractivity contribution in [1.29, 1.82) is 0 Å². The van der Waals surface area contributed by atoms with Crippen molar-refractivity contribution in [2.24, 2.45) is 17.8 Å². The third-order valence-corrected chi connectivity index (χ3v) is 21.8. The maximum absolute atomic E-state index is 15.5. The Morgan fingerprint density at radius 3 is 1.85 bits per heavy atom. The van der Waals surface area contributed by atoms with E-state index in [1.54, 1.807) is 18.7 Å². The highest BCUT2D eigenvalue weighted by molar-refractivity contribution is 6.31. The molecule has 12 amide bonds. The van der Waals surface area contributed by atoms with Gasteiger partial charge in [-0.3, -0.25) is 57.5 Å². The highest BCUT2D eigenvalue weighted by Crippen LogP contribution is 2.37. The van der Waals surface area contributed by atoms with Crippen LogP contribution in [0.2, 0.25) is 5.02 Å². The van der Waals surface area contributed by atoms with E-state index in [1.165, 1.54) is 70.1 Å². The minimum absolute atomic E-state index is 0.00189. The number of rotatable bonds is 15.